The van der Waals surface area contributed by atoms with E-state index in [0.29, 0.717) is 0 Å². The SMILES string of the molecule is CNC(c1cccc2c1OCC2)c1c(C)nn(C)c1C. The number of rotatable bonds is 3. The third-order valence-corrected chi connectivity index (χ3v) is 4.20. The zero-order valence-corrected chi connectivity index (χ0v) is 12.5. The average Bonchev–Trinajstić information content (AvgIpc) is 3.00. The lowest BCUT2D eigenvalue weighted by atomic mass is 9.94. The summed E-state index contributed by atoms with van der Waals surface area (Å²) in [6.07, 6.45) is 1.00. The van der Waals surface area contributed by atoms with E-state index in [1.807, 2.05) is 18.8 Å². The summed E-state index contributed by atoms with van der Waals surface area (Å²) in [5.41, 5.74) is 6.03. The molecule has 1 atom stereocenters. The molecular formula is C16H21N3O. The van der Waals surface area contributed by atoms with Crippen LogP contribution < -0.4 is 10.1 Å². The summed E-state index contributed by atoms with van der Waals surface area (Å²) in [6, 6.07) is 6.55. The van der Waals surface area contributed by atoms with Gasteiger partial charge in [-0.05, 0) is 26.5 Å². The van der Waals surface area contributed by atoms with Crippen molar-refractivity contribution >= 4 is 0 Å². The highest BCUT2D eigenvalue weighted by Gasteiger charge is 2.26. The standard InChI is InChI=1S/C16H21N3O/c1-10-14(11(2)19(4)18-10)15(17-3)13-7-5-6-12-8-9-20-16(12)13/h5-7,15,17H,8-9H2,1-4H3. The van der Waals surface area contributed by atoms with Gasteiger partial charge in [0.15, 0.2) is 0 Å². The molecule has 1 aliphatic rings. The van der Waals surface area contributed by atoms with Crippen molar-refractivity contribution in [3.05, 3.63) is 46.3 Å². The normalized spacial score (nSPS) is 15.0. The fourth-order valence-electron chi connectivity index (χ4n) is 3.13. The van der Waals surface area contributed by atoms with Crippen LogP contribution in [0.1, 0.15) is 34.1 Å². The van der Waals surface area contributed by atoms with Gasteiger partial charge >= 0.3 is 0 Å². The van der Waals surface area contributed by atoms with Gasteiger partial charge in [0, 0.05) is 30.3 Å². The highest BCUT2D eigenvalue weighted by molar-refractivity contribution is 5.50. The van der Waals surface area contributed by atoms with Crippen LogP contribution in [0, 0.1) is 13.8 Å². The zero-order chi connectivity index (χ0) is 14.3. The predicted octanol–water partition coefficient (Wildman–Crippen LogP) is 2.28. The van der Waals surface area contributed by atoms with Crippen LogP contribution in [-0.4, -0.2) is 23.4 Å². The molecular weight excluding hydrogens is 250 g/mol. The maximum absolute atomic E-state index is 5.85. The van der Waals surface area contributed by atoms with Crippen molar-refractivity contribution in [1.82, 2.24) is 15.1 Å². The second-order valence-corrected chi connectivity index (χ2v) is 5.36. The fourth-order valence-corrected chi connectivity index (χ4v) is 3.13. The first-order chi connectivity index (χ1) is 9.63. The Labute approximate surface area is 119 Å². The molecule has 106 valence electrons. The number of aryl methyl sites for hydroxylation is 2. The second kappa shape index (κ2) is 4.94. The van der Waals surface area contributed by atoms with E-state index in [4.69, 9.17) is 4.74 Å². The van der Waals surface area contributed by atoms with Crippen LogP contribution in [0.15, 0.2) is 18.2 Å². The van der Waals surface area contributed by atoms with E-state index in [1.165, 1.54) is 22.4 Å². The van der Waals surface area contributed by atoms with Crippen LogP contribution in [0.2, 0.25) is 0 Å². The predicted molar refractivity (Wildman–Crippen MR) is 79.2 cm³/mol. The van der Waals surface area contributed by atoms with Gasteiger partial charge in [-0.3, -0.25) is 4.68 Å². The molecule has 1 N–H and O–H groups in total. The lowest BCUT2D eigenvalue weighted by Crippen LogP contribution is -2.20. The van der Waals surface area contributed by atoms with Gasteiger partial charge in [0.25, 0.3) is 0 Å². The number of fused-ring (bicyclic) bond motifs is 1. The summed E-state index contributed by atoms with van der Waals surface area (Å²) in [5.74, 6) is 1.05. The Morgan fingerprint density at radius 1 is 1.35 bits per heavy atom. The second-order valence-electron chi connectivity index (χ2n) is 5.36. The molecule has 0 bridgehead atoms. The number of hydrogen-bond donors (Lipinski definition) is 1. The summed E-state index contributed by atoms with van der Waals surface area (Å²) in [7, 11) is 3.98. The molecule has 2 heterocycles. The van der Waals surface area contributed by atoms with E-state index in [0.717, 1.165) is 24.5 Å². The molecule has 4 nitrogen and oxygen atoms in total. The van der Waals surface area contributed by atoms with E-state index in [1.54, 1.807) is 0 Å². The van der Waals surface area contributed by atoms with E-state index in [-0.39, 0.29) is 6.04 Å². The van der Waals surface area contributed by atoms with Crippen molar-refractivity contribution in [2.45, 2.75) is 26.3 Å². The number of para-hydroxylation sites is 1. The molecule has 0 aliphatic carbocycles. The number of benzene rings is 1. The third-order valence-electron chi connectivity index (χ3n) is 4.20. The topological polar surface area (TPSA) is 39.1 Å². The molecule has 1 aromatic heterocycles. The van der Waals surface area contributed by atoms with Crippen LogP contribution in [0.3, 0.4) is 0 Å². The molecule has 0 spiro atoms. The fraction of sp³-hybridized carbons (Fsp3) is 0.438. The molecule has 1 unspecified atom stereocenters. The van der Waals surface area contributed by atoms with Crippen LogP contribution >= 0.6 is 0 Å². The Hall–Kier alpha value is -1.81. The molecule has 0 amide bonds. The van der Waals surface area contributed by atoms with Gasteiger partial charge in [0.1, 0.15) is 5.75 Å². The molecule has 1 aliphatic heterocycles. The maximum Gasteiger partial charge on any atom is 0.127 e. The summed E-state index contributed by atoms with van der Waals surface area (Å²) in [5, 5.41) is 7.96. The van der Waals surface area contributed by atoms with Gasteiger partial charge in [0.05, 0.1) is 18.3 Å². The van der Waals surface area contributed by atoms with Crippen molar-refractivity contribution in [3.63, 3.8) is 0 Å². The monoisotopic (exact) mass is 271 g/mol. The van der Waals surface area contributed by atoms with Gasteiger partial charge in [-0.2, -0.15) is 5.10 Å². The molecule has 2 aromatic rings. The van der Waals surface area contributed by atoms with Crippen LogP contribution in [0.5, 0.6) is 5.75 Å². The molecule has 0 saturated heterocycles. The Morgan fingerprint density at radius 3 is 2.80 bits per heavy atom. The highest BCUT2D eigenvalue weighted by Crippen LogP contribution is 2.37. The smallest absolute Gasteiger partial charge is 0.127 e. The van der Waals surface area contributed by atoms with Crippen LogP contribution in [0.4, 0.5) is 0 Å². The van der Waals surface area contributed by atoms with Gasteiger partial charge in [-0.25, -0.2) is 0 Å². The first kappa shape index (κ1) is 13.2. The van der Waals surface area contributed by atoms with E-state index in [9.17, 15) is 0 Å². The minimum Gasteiger partial charge on any atom is -0.493 e. The average molecular weight is 271 g/mol. The van der Waals surface area contributed by atoms with Crippen molar-refractivity contribution in [3.8, 4) is 5.75 Å². The Kier molecular flexibility index (Phi) is 3.26. The lowest BCUT2D eigenvalue weighted by Gasteiger charge is -2.20. The van der Waals surface area contributed by atoms with Crippen LogP contribution in [0.25, 0.3) is 0 Å². The lowest BCUT2D eigenvalue weighted by molar-refractivity contribution is 0.351. The minimum absolute atomic E-state index is 0.122. The highest BCUT2D eigenvalue weighted by atomic mass is 16.5. The van der Waals surface area contributed by atoms with Crippen molar-refractivity contribution in [2.75, 3.05) is 13.7 Å². The zero-order valence-electron chi connectivity index (χ0n) is 12.5. The molecule has 3 rings (SSSR count). The quantitative estimate of drug-likeness (QED) is 0.931. The number of nitrogens with zero attached hydrogens (tertiary/aromatic N) is 2. The Bertz CT molecular complexity index is 645. The van der Waals surface area contributed by atoms with E-state index in [2.05, 4.69) is 42.5 Å². The number of ether oxygens (including phenoxy) is 1. The van der Waals surface area contributed by atoms with Gasteiger partial charge in [-0.1, -0.05) is 18.2 Å². The number of nitrogens with one attached hydrogen (secondary N) is 1. The van der Waals surface area contributed by atoms with E-state index >= 15 is 0 Å². The van der Waals surface area contributed by atoms with Crippen molar-refractivity contribution in [1.29, 1.82) is 0 Å². The van der Waals surface area contributed by atoms with Gasteiger partial charge in [0.2, 0.25) is 0 Å². The molecule has 1 aromatic carbocycles. The summed E-state index contributed by atoms with van der Waals surface area (Å²) in [4.78, 5) is 0. The van der Waals surface area contributed by atoms with Gasteiger partial charge in [-0.15, -0.1) is 0 Å². The summed E-state index contributed by atoms with van der Waals surface area (Å²) in [6.45, 7) is 4.97. The maximum atomic E-state index is 5.85. The first-order valence-electron chi connectivity index (χ1n) is 7.05. The van der Waals surface area contributed by atoms with Gasteiger partial charge < -0.3 is 10.1 Å². The van der Waals surface area contributed by atoms with E-state index < -0.39 is 0 Å². The molecule has 0 fully saturated rings. The number of hydrogen-bond acceptors (Lipinski definition) is 3. The minimum atomic E-state index is 0.122. The summed E-state index contributed by atoms with van der Waals surface area (Å²) >= 11 is 0. The molecule has 4 heteroatoms. The first-order valence-corrected chi connectivity index (χ1v) is 7.05. The van der Waals surface area contributed by atoms with Crippen LogP contribution in [-0.2, 0) is 13.5 Å². The third kappa shape index (κ3) is 1.91. The molecule has 0 saturated carbocycles. The Morgan fingerprint density at radius 2 is 2.15 bits per heavy atom. The van der Waals surface area contributed by atoms with Crippen molar-refractivity contribution < 1.29 is 4.74 Å². The number of aromatic nitrogens is 2. The largest absolute Gasteiger partial charge is 0.493 e. The molecule has 0 radical (unpaired) electrons. The molecule has 20 heavy (non-hydrogen) atoms. The Balaban J connectivity index is 2.14. The summed E-state index contributed by atoms with van der Waals surface area (Å²) < 4.78 is 7.80. The van der Waals surface area contributed by atoms with Crippen molar-refractivity contribution in [2.24, 2.45) is 7.05 Å².